The Morgan fingerprint density at radius 2 is 1.45 bits per heavy atom. The van der Waals surface area contributed by atoms with Gasteiger partial charge in [0.05, 0.1) is 5.56 Å². The summed E-state index contributed by atoms with van der Waals surface area (Å²) in [5, 5.41) is 2.66. The third kappa shape index (κ3) is 5.17. The maximum Gasteiger partial charge on any atom is 0.338 e. The van der Waals surface area contributed by atoms with Crippen molar-refractivity contribution in [2.75, 3.05) is 5.32 Å². The number of carbonyl (C=O) groups is 3. The van der Waals surface area contributed by atoms with Gasteiger partial charge in [-0.3, -0.25) is 9.59 Å². The van der Waals surface area contributed by atoms with Gasteiger partial charge in [-0.2, -0.15) is 0 Å². The Morgan fingerprint density at radius 3 is 2.10 bits per heavy atom. The van der Waals surface area contributed by atoms with E-state index in [1.807, 2.05) is 42.5 Å². The lowest BCUT2D eigenvalue weighted by Crippen LogP contribution is -2.30. The molecule has 0 saturated carbocycles. The molecule has 1 atom stereocenters. The van der Waals surface area contributed by atoms with Crippen LogP contribution in [0.4, 0.5) is 5.69 Å². The van der Waals surface area contributed by atoms with Crippen molar-refractivity contribution < 1.29 is 19.1 Å². The molecule has 0 heterocycles. The van der Waals surface area contributed by atoms with Crippen molar-refractivity contribution in [3.63, 3.8) is 0 Å². The van der Waals surface area contributed by atoms with E-state index in [1.54, 1.807) is 36.4 Å². The van der Waals surface area contributed by atoms with Gasteiger partial charge < -0.3 is 10.1 Å². The molecular weight excluding hydrogens is 366 g/mol. The molecule has 0 bridgehead atoms. The molecule has 29 heavy (non-hydrogen) atoms. The van der Waals surface area contributed by atoms with Crippen LogP contribution in [0.5, 0.6) is 0 Å². The van der Waals surface area contributed by atoms with Crippen LogP contribution in [-0.4, -0.2) is 23.8 Å². The fourth-order valence-electron chi connectivity index (χ4n) is 2.77. The SMILES string of the molecule is CC(=O)c1cccc(NC(=O)[C@H](C)OC(=O)c2ccc(-c3ccccc3)cc2)c1. The number of amides is 1. The normalized spacial score (nSPS) is 11.4. The van der Waals surface area contributed by atoms with E-state index in [4.69, 9.17) is 4.74 Å². The van der Waals surface area contributed by atoms with E-state index in [-0.39, 0.29) is 5.78 Å². The third-order valence-electron chi connectivity index (χ3n) is 4.42. The summed E-state index contributed by atoms with van der Waals surface area (Å²) >= 11 is 0. The Hall–Kier alpha value is -3.73. The topological polar surface area (TPSA) is 72.5 Å². The smallest absolute Gasteiger partial charge is 0.338 e. The number of hydrogen-bond donors (Lipinski definition) is 1. The van der Waals surface area contributed by atoms with Crippen LogP contribution in [0.3, 0.4) is 0 Å². The lowest BCUT2D eigenvalue weighted by Gasteiger charge is -2.14. The van der Waals surface area contributed by atoms with Crippen LogP contribution >= 0.6 is 0 Å². The second-order valence-electron chi connectivity index (χ2n) is 6.62. The Balaban J connectivity index is 1.61. The maximum absolute atomic E-state index is 12.4. The van der Waals surface area contributed by atoms with Gasteiger partial charge in [-0.25, -0.2) is 4.79 Å². The molecular formula is C24H21NO4. The van der Waals surface area contributed by atoms with Gasteiger partial charge in [0.1, 0.15) is 0 Å². The molecule has 0 saturated heterocycles. The first-order valence-corrected chi connectivity index (χ1v) is 9.22. The Morgan fingerprint density at radius 1 is 0.793 bits per heavy atom. The predicted octanol–water partition coefficient (Wildman–Crippen LogP) is 4.74. The molecule has 3 aromatic carbocycles. The Kier molecular flexibility index (Phi) is 6.19. The maximum atomic E-state index is 12.4. The Bertz CT molecular complexity index is 1030. The average Bonchev–Trinajstić information content (AvgIpc) is 2.74. The monoisotopic (exact) mass is 387 g/mol. The minimum atomic E-state index is -0.989. The second-order valence-corrected chi connectivity index (χ2v) is 6.62. The molecule has 0 radical (unpaired) electrons. The summed E-state index contributed by atoms with van der Waals surface area (Å²) in [5.74, 6) is -1.15. The quantitative estimate of drug-likeness (QED) is 0.490. The van der Waals surface area contributed by atoms with Crippen molar-refractivity contribution in [3.8, 4) is 11.1 Å². The first-order chi connectivity index (χ1) is 13.9. The van der Waals surface area contributed by atoms with Gasteiger partial charge in [-0.1, -0.05) is 54.6 Å². The second kappa shape index (κ2) is 8.97. The molecule has 5 heteroatoms. The number of ketones is 1. The van der Waals surface area contributed by atoms with E-state index < -0.39 is 18.0 Å². The first-order valence-electron chi connectivity index (χ1n) is 9.22. The van der Waals surface area contributed by atoms with Crippen molar-refractivity contribution in [1.29, 1.82) is 0 Å². The number of ether oxygens (including phenoxy) is 1. The van der Waals surface area contributed by atoms with Gasteiger partial charge in [0.2, 0.25) is 0 Å². The lowest BCUT2D eigenvalue weighted by molar-refractivity contribution is -0.123. The largest absolute Gasteiger partial charge is 0.449 e. The van der Waals surface area contributed by atoms with Gasteiger partial charge in [-0.15, -0.1) is 0 Å². The molecule has 1 amide bonds. The highest BCUT2D eigenvalue weighted by atomic mass is 16.5. The molecule has 3 rings (SSSR count). The number of carbonyl (C=O) groups excluding carboxylic acids is 3. The summed E-state index contributed by atoms with van der Waals surface area (Å²) in [4.78, 5) is 36.1. The van der Waals surface area contributed by atoms with Crippen molar-refractivity contribution in [2.24, 2.45) is 0 Å². The van der Waals surface area contributed by atoms with E-state index >= 15 is 0 Å². The Labute approximate surface area is 169 Å². The molecule has 146 valence electrons. The van der Waals surface area contributed by atoms with Gasteiger partial charge in [0.25, 0.3) is 5.91 Å². The van der Waals surface area contributed by atoms with E-state index in [2.05, 4.69) is 5.32 Å². The minimum Gasteiger partial charge on any atom is -0.449 e. The van der Waals surface area contributed by atoms with Crippen LogP contribution < -0.4 is 5.32 Å². The lowest BCUT2D eigenvalue weighted by atomic mass is 10.0. The van der Waals surface area contributed by atoms with Crippen LogP contribution in [0.1, 0.15) is 34.6 Å². The minimum absolute atomic E-state index is 0.0977. The van der Waals surface area contributed by atoms with Gasteiger partial charge in [0, 0.05) is 11.3 Å². The molecule has 0 unspecified atom stereocenters. The molecule has 1 N–H and O–H groups in total. The number of Topliss-reactive ketones (excluding diaryl/α,β-unsaturated/α-hetero) is 1. The summed E-state index contributed by atoms with van der Waals surface area (Å²) in [6.45, 7) is 2.95. The fourth-order valence-corrected chi connectivity index (χ4v) is 2.77. The van der Waals surface area contributed by atoms with E-state index in [0.717, 1.165) is 11.1 Å². The zero-order chi connectivity index (χ0) is 20.8. The molecule has 0 aliphatic carbocycles. The predicted molar refractivity (Wildman–Crippen MR) is 112 cm³/mol. The first kappa shape index (κ1) is 20.0. The molecule has 0 aliphatic rings. The third-order valence-corrected chi connectivity index (χ3v) is 4.42. The van der Waals surface area contributed by atoms with Crippen LogP contribution in [0.2, 0.25) is 0 Å². The molecule has 0 aliphatic heterocycles. The van der Waals surface area contributed by atoms with Crippen LogP contribution in [0, 0.1) is 0 Å². The molecule has 0 spiro atoms. The highest BCUT2D eigenvalue weighted by Crippen LogP contribution is 2.20. The van der Waals surface area contributed by atoms with Crippen LogP contribution in [0.25, 0.3) is 11.1 Å². The summed E-state index contributed by atoms with van der Waals surface area (Å²) < 4.78 is 5.28. The summed E-state index contributed by atoms with van der Waals surface area (Å²) in [5.41, 5.74) is 3.36. The van der Waals surface area contributed by atoms with Gasteiger partial charge >= 0.3 is 5.97 Å². The zero-order valence-corrected chi connectivity index (χ0v) is 16.2. The van der Waals surface area contributed by atoms with Crippen molar-refractivity contribution in [2.45, 2.75) is 20.0 Å². The van der Waals surface area contributed by atoms with Gasteiger partial charge in [-0.05, 0) is 49.2 Å². The van der Waals surface area contributed by atoms with Crippen molar-refractivity contribution in [1.82, 2.24) is 0 Å². The van der Waals surface area contributed by atoms with Crippen molar-refractivity contribution >= 4 is 23.3 Å². The summed E-state index contributed by atoms with van der Waals surface area (Å²) in [6, 6.07) is 23.4. The highest BCUT2D eigenvalue weighted by Gasteiger charge is 2.19. The van der Waals surface area contributed by atoms with E-state index in [9.17, 15) is 14.4 Å². The number of benzene rings is 3. The summed E-state index contributed by atoms with van der Waals surface area (Å²) in [6.07, 6.45) is -0.989. The number of hydrogen-bond acceptors (Lipinski definition) is 4. The van der Waals surface area contributed by atoms with Crippen molar-refractivity contribution in [3.05, 3.63) is 90.0 Å². The average molecular weight is 387 g/mol. The molecule has 5 nitrogen and oxygen atoms in total. The number of esters is 1. The standard InChI is InChI=1S/C24H21NO4/c1-16(26)21-9-6-10-22(15-21)25-23(27)17(2)29-24(28)20-13-11-19(12-14-20)18-7-4-3-5-8-18/h3-15,17H,1-2H3,(H,25,27)/t17-/m0/s1. The van der Waals surface area contributed by atoms with Crippen LogP contribution in [-0.2, 0) is 9.53 Å². The summed E-state index contributed by atoms with van der Waals surface area (Å²) in [7, 11) is 0. The van der Waals surface area contributed by atoms with Crippen LogP contribution in [0.15, 0.2) is 78.9 Å². The molecule has 0 aromatic heterocycles. The number of anilines is 1. The van der Waals surface area contributed by atoms with Gasteiger partial charge in [0.15, 0.2) is 11.9 Å². The molecule has 0 fully saturated rings. The number of rotatable bonds is 6. The van der Waals surface area contributed by atoms with E-state index in [1.165, 1.54) is 13.8 Å². The fraction of sp³-hybridized carbons (Fsp3) is 0.125. The zero-order valence-electron chi connectivity index (χ0n) is 16.2. The van der Waals surface area contributed by atoms with E-state index in [0.29, 0.717) is 16.8 Å². The highest BCUT2D eigenvalue weighted by molar-refractivity contribution is 5.99. The number of nitrogens with one attached hydrogen (secondary N) is 1. The molecule has 3 aromatic rings.